The minimum absolute atomic E-state index is 0. The number of hydrogen-bond donors (Lipinski definition) is 1. The summed E-state index contributed by atoms with van der Waals surface area (Å²) < 4.78 is 0. The van der Waals surface area contributed by atoms with Gasteiger partial charge in [-0.1, -0.05) is 0 Å². The Bertz CT molecular complexity index is 403. The topological polar surface area (TPSA) is 45.2 Å². The minimum Gasteiger partial charge on any atom is -0.342 e. The predicted molar refractivity (Wildman–Crippen MR) is 85.4 cm³/mol. The Morgan fingerprint density at radius 3 is 2.95 bits per heavy atom. The van der Waals surface area contributed by atoms with Gasteiger partial charge in [0, 0.05) is 30.4 Å². The van der Waals surface area contributed by atoms with E-state index in [-0.39, 0.29) is 18.3 Å². The van der Waals surface area contributed by atoms with Crippen molar-refractivity contribution in [1.82, 2.24) is 15.2 Å². The fourth-order valence-corrected chi connectivity index (χ4v) is 3.20. The van der Waals surface area contributed by atoms with E-state index < -0.39 is 0 Å². The maximum Gasteiger partial charge on any atom is 0.232 e. The van der Waals surface area contributed by atoms with Gasteiger partial charge < -0.3 is 10.2 Å². The molecule has 1 fully saturated rings. The van der Waals surface area contributed by atoms with Gasteiger partial charge in [-0.15, -0.1) is 24.2 Å². The summed E-state index contributed by atoms with van der Waals surface area (Å²) in [5.41, 5.74) is 0. The number of carbonyl (C=O) groups is 1. The van der Waals surface area contributed by atoms with Crippen LogP contribution in [0.2, 0.25) is 0 Å². The quantitative estimate of drug-likeness (QED) is 0.845. The molecule has 1 unspecified atom stereocenters. The molecule has 1 aromatic rings. The molecule has 0 saturated carbocycles. The Balaban J connectivity index is 0.00000200. The summed E-state index contributed by atoms with van der Waals surface area (Å²) in [6.45, 7) is 2.81. The molecule has 0 aromatic carbocycles. The number of nitrogens with one attached hydrogen (secondary N) is 1. The van der Waals surface area contributed by atoms with E-state index in [0.717, 1.165) is 31.0 Å². The third kappa shape index (κ3) is 5.31. The lowest BCUT2D eigenvalue weighted by atomic mass is 9.98. The molecule has 0 aliphatic carbocycles. The number of piperidine rings is 1. The van der Waals surface area contributed by atoms with Gasteiger partial charge in [0.2, 0.25) is 5.91 Å². The zero-order valence-electron chi connectivity index (χ0n) is 11.7. The molecular weight excluding hydrogens is 294 g/mol. The molecule has 0 bridgehead atoms. The molecule has 4 nitrogen and oxygen atoms in total. The van der Waals surface area contributed by atoms with Gasteiger partial charge in [0.1, 0.15) is 0 Å². The van der Waals surface area contributed by atoms with Crippen LogP contribution in [0.3, 0.4) is 0 Å². The van der Waals surface area contributed by atoms with Gasteiger partial charge in [-0.3, -0.25) is 9.78 Å². The van der Waals surface area contributed by atoms with Crippen molar-refractivity contribution in [2.75, 3.05) is 32.4 Å². The molecule has 0 spiro atoms. The molecule has 6 heteroatoms. The molecule has 1 aromatic heterocycles. The molecule has 1 saturated heterocycles. The maximum atomic E-state index is 12.2. The summed E-state index contributed by atoms with van der Waals surface area (Å²) in [5, 5.41) is 3.20. The highest BCUT2D eigenvalue weighted by atomic mass is 35.5. The number of carbonyl (C=O) groups excluding carboxylic acids is 1. The van der Waals surface area contributed by atoms with Crippen molar-refractivity contribution in [2.45, 2.75) is 17.7 Å². The van der Waals surface area contributed by atoms with Gasteiger partial charge in [0.05, 0.1) is 5.75 Å². The van der Waals surface area contributed by atoms with Crippen LogP contribution in [0, 0.1) is 5.92 Å². The molecule has 1 atom stereocenters. The van der Waals surface area contributed by atoms with Crippen LogP contribution in [0.4, 0.5) is 0 Å². The number of thioether (sulfide) groups is 1. The Morgan fingerprint density at radius 1 is 1.50 bits per heavy atom. The van der Waals surface area contributed by atoms with Crippen LogP contribution in [0.25, 0.3) is 0 Å². The number of nitrogens with zero attached hydrogens (tertiary/aromatic N) is 2. The van der Waals surface area contributed by atoms with Gasteiger partial charge >= 0.3 is 0 Å². The number of rotatable bonds is 5. The van der Waals surface area contributed by atoms with Gasteiger partial charge in [0.25, 0.3) is 0 Å². The first kappa shape index (κ1) is 17.3. The highest BCUT2D eigenvalue weighted by Crippen LogP contribution is 2.20. The molecule has 1 aliphatic rings. The van der Waals surface area contributed by atoms with Crippen LogP contribution in [-0.2, 0) is 4.79 Å². The zero-order valence-corrected chi connectivity index (χ0v) is 13.4. The van der Waals surface area contributed by atoms with Gasteiger partial charge in [-0.2, -0.15) is 0 Å². The lowest BCUT2D eigenvalue weighted by Crippen LogP contribution is -2.43. The molecule has 2 rings (SSSR count). The summed E-state index contributed by atoms with van der Waals surface area (Å²) in [6, 6.07) is 3.88. The second-order valence-corrected chi connectivity index (χ2v) is 5.93. The van der Waals surface area contributed by atoms with Crippen LogP contribution in [0.1, 0.15) is 12.8 Å². The van der Waals surface area contributed by atoms with Crippen molar-refractivity contribution in [3.8, 4) is 0 Å². The fraction of sp³-hybridized carbons (Fsp3) is 0.571. The first-order valence-corrected chi connectivity index (χ1v) is 7.73. The third-order valence-electron chi connectivity index (χ3n) is 3.38. The van der Waals surface area contributed by atoms with Crippen LogP contribution in [0.5, 0.6) is 0 Å². The van der Waals surface area contributed by atoms with Crippen LogP contribution < -0.4 is 5.32 Å². The van der Waals surface area contributed by atoms with E-state index in [1.54, 1.807) is 24.2 Å². The standard InChI is InChI=1S/C14H21N3OS.ClH/c1-15-9-12-3-2-8-17(10-12)14(18)11-19-13-4-6-16-7-5-13;/h4-7,12,15H,2-3,8-11H2,1H3;1H. The molecule has 1 aliphatic heterocycles. The average Bonchev–Trinajstić information content (AvgIpc) is 2.46. The van der Waals surface area contributed by atoms with E-state index in [2.05, 4.69) is 10.3 Å². The van der Waals surface area contributed by atoms with Crippen LogP contribution >= 0.6 is 24.2 Å². The summed E-state index contributed by atoms with van der Waals surface area (Å²) in [5.74, 6) is 1.38. The van der Waals surface area contributed by atoms with Crippen molar-refractivity contribution in [3.05, 3.63) is 24.5 Å². The molecule has 1 N–H and O–H groups in total. The predicted octanol–water partition coefficient (Wildman–Crippen LogP) is 2.05. The van der Waals surface area contributed by atoms with Crippen LogP contribution in [-0.4, -0.2) is 48.2 Å². The van der Waals surface area contributed by atoms with Crippen molar-refractivity contribution in [3.63, 3.8) is 0 Å². The SMILES string of the molecule is CNCC1CCCN(C(=O)CSc2ccncc2)C1.Cl. The summed E-state index contributed by atoms with van der Waals surface area (Å²) in [6.07, 6.45) is 5.87. The molecular formula is C14H22ClN3OS. The molecule has 112 valence electrons. The number of amides is 1. The molecule has 1 amide bonds. The van der Waals surface area contributed by atoms with Gasteiger partial charge in [0.15, 0.2) is 0 Å². The average molecular weight is 316 g/mol. The molecule has 20 heavy (non-hydrogen) atoms. The minimum atomic E-state index is 0. The lowest BCUT2D eigenvalue weighted by molar-refractivity contribution is -0.130. The second kappa shape index (κ2) is 9.21. The van der Waals surface area contributed by atoms with Crippen molar-refractivity contribution < 1.29 is 4.79 Å². The van der Waals surface area contributed by atoms with Crippen molar-refractivity contribution >= 4 is 30.1 Å². The van der Waals surface area contributed by atoms with E-state index in [1.807, 2.05) is 24.1 Å². The first-order valence-electron chi connectivity index (χ1n) is 6.75. The van der Waals surface area contributed by atoms with E-state index in [4.69, 9.17) is 0 Å². The van der Waals surface area contributed by atoms with Gasteiger partial charge in [-0.25, -0.2) is 0 Å². The number of halogens is 1. The van der Waals surface area contributed by atoms with Gasteiger partial charge in [-0.05, 0) is 44.5 Å². The van der Waals surface area contributed by atoms with E-state index in [0.29, 0.717) is 11.7 Å². The summed E-state index contributed by atoms with van der Waals surface area (Å²) in [4.78, 5) is 19.3. The van der Waals surface area contributed by atoms with E-state index in [1.165, 1.54) is 6.42 Å². The normalized spacial score (nSPS) is 18.4. The number of likely N-dealkylation sites (tertiary alicyclic amines) is 1. The smallest absolute Gasteiger partial charge is 0.232 e. The molecule has 0 radical (unpaired) electrons. The maximum absolute atomic E-state index is 12.2. The summed E-state index contributed by atoms with van der Waals surface area (Å²) in [7, 11) is 1.97. The third-order valence-corrected chi connectivity index (χ3v) is 4.37. The molecule has 2 heterocycles. The van der Waals surface area contributed by atoms with Crippen molar-refractivity contribution in [2.24, 2.45) is 5.92 Å². The Labute approximate surface area is 131 Å². The largest absolute Gasteiger partial charge is 0.342 e. The fourth-order valence-electron chi connectivity index (χ4n) is 2.42. The highest BCUT2D eigenvalue weighted by Gasteiger charge is 2.22. The second-order valence-electron chi connectivity index (χ2n) is 4.88. The Morgan fingerprint density at radius 2 is 2.25 bits per heavy atom. The first-order chi connectivity index (χ1) is 9.29. The van der Waals surface area contributed by atoms with E-state index in [9.17, 15) is 4.79 Å². The number of aromatic nitrogens is 1. The summed E-state index contributed by atoms with van der Waals surface area (Å²) >= 11 is 1.59. The Kier molecular flexibility index (Phi) is 7.95. The van der Waals surface area contributed by atoms with Crippen molar-refractivity contribution in [1.29, 1.82) is 0 Å². The number of hydrogen-bond acceptors (Lipinski definition) is 4. The Hall–Kier alpha value is -0.780. The lowest BCUT2D eigenvalue weighted by Gasteiger charge is -2.32. The zero-order chi connectivity index (χ0) is 13.5. The monoisotopic (exact) mass is 315 g/mol. The number of pyridine rings is 1. The van der Waals surface area contributed by atoms with E-state index >= 15 is 0 Å². The highest BCUT2D eigenvalue weighted by molar-refractivity contribution is 8.00. The van der Waals surface area contributed by atoms with Crippen LogP contribution in [0.15, 0.2) is 29.4 Å².